The molecular formula is C16H21NO2. The highest BCUT2D eigenvalue weighted by Crippen LogP contribution is 2.12. The molecule has 0 aromatic heterocycles. The number of rotatable bonds is 4. The van der Waals surface area contributed by atoms with E-state index in [1.165, 1.54) is 0 Å². The van der Waals surface area contributed by atoms with Crippen LogP contribution in [0, 0.1) is 0 Å². The van der Waals surface area contributed by atoms with Gasteiger partial charge < -0.3 is 10.0 Å². The first kappa shape index (κ1) is 13.8. The smallest absolute Gasteiger partial charge is 0.222 e. The number of carbonyl (C=O) groups excluding carboxylic acids is 1. The number of hydrogen-bond acceptors (Lipinski definition) is 2. The van der Waals surface area contributed by atoms with Gasteiger partial charge in [-0.3, -0.25) is 4.79 Å². The van der Waals surface area contributed by atoms with E-state index >= 15 is 0 Å². The van der Waals surface area contributed by atoms with Crippen LogP contribution >= 0.6 is 0 Å². The average Bonchev–Trinajstić information content (AvgIpc) is 2.44. The topological polar surface area (TPSA) is 40.5 Å². The highest BCUT2D eigenvalue weighted by Gasteiger charge is 2.20. The van der Waals surface area contributed by atoms with Gasteiger partial charge in [0.15, 0.2) is 0 Å². The van der Waals surface area contributed by atoms with E-state index in [-0.39, 0.29) is 12.0 Å². The van der Waals surface area contributed by atoms with Crippen molar-refractivity contribution in [2.24, 2.45) is 0 Å². The van der Waals surface area contributed by atoms with E-state index in [1.54, 1.807) is 4.90 Å². The first-order chi connectivity index (χ1) is 9.25. The summed E-state index contributed by atoms with van der Waals surface area (Å²) in [5.41, 5.74) is 1.16. The van der Waals surface area contributed by atoms with Crippen LogP contribution in [0.15, 0.2) is 36.4 Å². The Balaban J connectivity index is 1.73. The van der Waals surface area contributed by atoms with Crippen molar-refractivity contribution >= 4 is 12.0 Å². The van der Waals surface area contributed by atoms with E-state index in [4.69, 9.17) is 0 Å². The van der Waals surface area contributed by atoms with Gasteiger partial charge in [-0.1, -0.05) is 42.5 Å². The first-order valence-electron chi connectivity index (χ1n) is 6.93. The highest BCUT2D eigenvalue weighted by atomic mass is 16.3. The molecule has 1 N–H and O–H groups in total. The van der Waals surface area contributed by atoms with Crippen LogP contribution in [-0.2, 0) is 4.79 Å². The monoisotopic (exact) mass is 259 g/mol. The highest BCUT2D eigenvalue weighted by molar-refractivity contribution is 5.76. The third kappa shape index (κ3) is 4.52. The van der Waals surface area contributed by atoms with E-state index < -0.39 is 0 Å². The molecule has 0 saturated carbocycles. The lowest BCUT2D eigenvalue weighted by molar-refractivity contribution is -0.134. The van der Waals surface area contributed by atoms with Gasteiger partial charge in [0.25, 0.3) is 0 Å². The van der Waals surface area contributed by atoms with Crippen molar-refractivity contribution in [1.29, 1.82) is 0 Å². The SMILES string of the molecule is O=C(CCC=Cc1ccccc1)N1CCCC(O)C1. The fourth-order valence-electron chi connectivity index (χ4n) is 2.33. The number of piperidine rings is 1. The maximum Gasteiger partial charge on any atom is 0.222 e. The van der Waals surface area contributed by atoms with Gasteiger partial charge in [0, 0.05) is 19.5 Å². The van der Waals surface area contributed by atoms with Gasteiger partial charge in [0.1, 0.15) is 0 Å². The molecule has 1 aromatic rings. The van der Waals surface area contributed by atoms with Crippen molar-refractivity contribution in [3.8, 4) is 0 Å². The molecule has 1 amide bonds. The largest absolute Gasteiger partial charge is 0.391 e. The van der Waals surface area contributed by atoms with Crippen LogP contribution in [0.2, 0.25) is 0 Å². The molecule has 3 heteroatoms. The molecular weight excluding hydrogens is 238 g/mol. The van der Waals surface area contributed by atoms with E-state index in [0.717, 1.165) is 31.4 Å². The summed E-state index contributed by atoms with van der Waals surface area (Å²) in [7, 11) is 0. The van der Waals surface area contributed by atoms with Crippen LogP contribution in [-0.4, -0.2) is 35.1 Å². The molecule has 0 bridgehead atoms. The second kappa shape index (κ2) is 7.10. The van der Waals surface area contributed by atoms with Gasteiger partial charge >= 0.3 is 0 Å². The Hall–Kier alpha value is -1.61. The van der Waals surface area contributed by atoms with Crippen molar-refractivity contribution in [2.45, 2.75) is 31.8 Å². The predicted molar refractivity (Wildman–Crippen MR) is 76.5 cm³/mol. The molecule has 0 aliphatic carbocycles. The van der Waals surface area contributed by atoms with E-state index in [9.17, 15) is 9.90 Å². The number of β-amino-alcohol motifs (C(OH)–C–C–N with tert-alkyl or cyclic N) is 1. The minimum absolute atomic E-state index is 0.150. The quantitative estimate of drug-likeness (QED) is 0.902. The number of aliphatic hydroxyl groups is 1. The molecule has 1 unspecified atom stereocenters. The normalized spacial score (nSPS) is 19.8. The maximum absolute atomic E-state index is 11.9. The number of amides is 1. The molecule has 1 aliphatic heterocycles. The van der Waals surface area contributed by atoms with Crippen molar-refractivity contribution in [1.82, 2.24) is 4.90 Å². The van der Waals surface area contributed by atoms with Crippen LogP contribution in [0.1, 0.15) is 31.2 Å². The Morgan fingerprint density at radius 1 is 1.37 bits per heavy atom. The third-order valence-electron chi connectivity index (χ3n) is 3.38. The van der Waals surface area contributed by atoms with Crippen molar-refractivity contribution in [3.63, 3.8) is 0 Å². The van der Waals surface area contributed by atoms with Crippen LogP contribution < -0.4 is 0 Å². The molecule has 19 heavy (non-hydrogen) atoms. The molecule has 3 nitrogen and oxygen atoms in total. The molecule has 1 heterocycles. The molecule has 1 fully saturated rings. The lowest BCUT2D eigenvalue weighted by Gasteiger charge is -2.30. The summed E-state index contributed by atoms with van der Waals surface area (Å²) in [6.45, 7) is 1.29. The Morgan fingerprint density at radius 2 is 2.16 bits per heavy atom. The minimum Gasteiger partial charge on any atom is -0.391 e. The van der Waals surface area contributed by atoms with E-state index in [2.05, 4.69) is 0 Å². The van der Waals surface area contributed by atoms with Crippen molar-refractivity contribution < 1.29 is 9.90 Å². The summed E-state index contributed by atoms with van der Waals surface area (Å²) in [5.74, 6) is 0.150. The Bertz CT molecular complexity index is 428. The van der Waals surface area contributed by atoms with Gasteiger partial charge in [0.05, 0.1) is 6.10 Å². The standard InChI is InChI=1S/C16H21NO2/c18-15-10-6-12-17(13-15)16(19)11-5-4-9-14-7-2-1-3-8-14/h1-4,7-9,15,18H,5-6,10-13H2. The number of aliphatic hydroxyl groups excluding tert-OH is 1. The second-order valence-corrected chi connectivity index (χ2v) is 4.99. The Morgan fingerprint density at radius 3 is 2.89 bits per heavy atom. The molecule has 1 aromatic carbocycles. The maximum atomic E-state index is 11.9. The molecule has 2 rings (SSSR count). The minimum atomic E-state index is -0.336. The zero-order valence-corrected chi connectivity index (χ0v) is 11.2. The molecule has 0 spiro atoms. The van der Waals surface area contributed by atoms with E-state index in [0.29, 0.717) is 13.0 Å². The molecule has 1 saturated heterocycles. The number of likely N-dealkylation sites (tertiary alicyclic amines) is 1. The van der Waals surface area contributed by atoms with Gasteiger partial charge in [-0.05, 0) is 24.8 Å². The van der Waals surface area contributed by atoms with Crippen LogP contribution in [0.4, 0.5) is 0 Å². The summed E-state index contributed by atoms with van der Waals surface area (Å²) in [4.78, 5) is 13.7. The van der Waals surface area contributed by atoms with Crippen LogP contribution in [0.25, 0.3) is 6.08 Å². The number of allylic oxidation sites excluding steroid dienone is 1. The molecule has 1 aliphatic rings. The van der Waals surface area contributed by atoms with Gasteiger partial charge in [-0.15, -0.1) is 0 Å². The fourth-order valence-corrected chi connectivity index (χ4v) is 2.33. The third-order valence-corrected chi connectivity index (χ3v) is 3.38. The molecule has 1 atom stereocenters. The summed E-state index contributed by atoms with van der Waals surface area (Å²) < 4.78 is 0. The second-order valence-electron chi connectivity index (χ2n) is 4.99. The number of carbonyl (C=O) groups is 1. The zero-order chi connectivity index (χ0) is 13.5. The fraction of sp³-hybridized carbons (Fsp3) is 0.438. The lowest BCUT2D eigenvalue weighted by Crippen LogP contribution is -2.42. The average molecular weight is 259 g/mol. The summed E-state index contributed by atoms with van der Waals surface area (Å²) >= 11 is 0. The van der Waals surface area contributed by atoms with Gasteiger partial charge in [-0.25, -0.2) is 0 Å². The predicted octanol–water partition coefficient (Wildman–Crippen LogP) is 2.46. The summed E-state index contributed by atoms with van der Waals surface area (Å²) in [6, 6.07) is 10.1. The summed E-state index contributed by atoms with van der Waals surface area (Å²) in [6.07, 6.45) is 6.74. The Labute approximate surface area is 114 Å². The molecule has 102 valence electrons. The first-order valence-corrected chi connectivity index (χ1v) is 6.93. The Kier molecular flexibility index (Phi) is 5.16. The lowest BCUT2D eigenvalue weighted by atomic mass is 10.1. The van der Waals surface area contributed by atoms with Gasteiger partial charge in [0.2, 0.25) is 5.91 Å². The number of hydrogen-bond donors (Lipinski definition) is 1. The van der Waals surface area contributed by atoms with Crippen LogP contribution in [0.3, 0.4) is 0 Å². The number of nitrogens with zero attached hydrogens (tertiary/aromatic N) is 1. The van der Waals surface area contributed by atoms with E-state index in [1.807, 2.05) is 42.5 Å². The number of benzene rings is 1. The van der Waals surface area contributed by atoms with Crippen molar-refractivity contribution in [3.05, 3.63) is 42.0 Å². The van der Waals surface area contributed by atoms with Crippen molar-refractivity contribution in [2.75, 3.05) is 13.1 Å². The summed E-state index contributed by atoms with van der Waals surface area (Å²) in [5, 5.41) is 9.54. The van der Waals surface area contributed by atoms with Gasteiger partial charge in [-0.2, -0.15) is 0 Å². The molecule has 0 radical (unpaired) electrons. The van der Waals surface area contributed by atoms with Crippen LogP contribution in [0.5, 0.6) is 0 Å². The zero-order valence-electron chi connectivity index (χ0n) is 11.2.